The van der Waals surface area contributed by atoms with Crippen molar-refractivity contribution in [3.63, 3.8) is 0 Å². The van der Waals surface area contributed by atoms with E-state index in [4.69, 9.17) is 0 Å². The largest absolute Gasteiger partial charge is 0.310 e. The van der Waals surface area contributed by atoms with Gasteiger partial charge in [-0.2, -0.15) is 5.10 Å². The van der Waals surface area contributed by atoms with Gasteiger partial charge < -0.3 is 5.32 Å². The van der Waals surface area contributed by atoms with E-state index in [0.29, 0.717) is 6.42 Å². The molecule has 1 unspecified atom stereocenters. The molecule has 0 fully saturated rings. The molecule has 1 heterocycles. The van der Waals surface area contributed by atoms with E-state index in [1.54, 1.807) is 0 Å². The molecule has 1 atom stereocenters. The van der Waals surface area contributed by atoms with E-state index in [0.717, 1.165) is 34.3 Å². The number of aromatic nitrogens is 2. The quantitative estimate of drug-likeness (QED) is 0.852. The topological polar surface area (TPSA) is 29.9 Å². The van der Waals surface area contributed by atoms with Crippen LogP contribution in [0.25, 0.3) is 0 Å². The lowest BCUT2D eigenvalue weighted by Gasteiger charge is -2.19. The second kappa shape index (κ2) is 7.18. The Hall–Kier alpha value is -1.20. The summed E-state index contributed by atoms with van der Waals surface area (Å²) in [5, 5.41) is 7.80. The predicted octanol–water partition coefficient (Wildman–Crippen LogP) is 3.91. The van der Waals surface area contributed by atoms with Crippen molar-refractivity contribution in [2.75, 3.05) is 6.54 Å². The van der Waals surface area contributed by atoms with Crippen LogP contribution in [0, 0.1) is 12.7 Å². The van der Waals surface area contributed by atoms with Gasteiger partial charge in [-0.1, -0.05) is 28.9 Å². The predicted molar refractivity (Wildman–Crippen MR) is 86.8 cm³/mol. The van der Waals surface area contributed by atoms with E-state index < -0.39 is 0 Å². The summed E-state index contributed by atoms with van der Waals surface area (Å²) in [6.45, 7) is 5.07. The van der Waals surface area contributed by atoms with Crippen LogP contribution in [0.1, 0.15) is 36.2 Å². The molecule has 0 aliphatic heterocycles. The summed E-state index contributed by atoms with van der Waals surface area (Å²) in [4.78, 5) is 0. The van der Waals surface area contributed by atoms with Crippen molar-refractivity contribution in [3.05, 3.63) is 51.5 Å². The van der Waals surface area contributed by atoms with Crippen molar-refractivity contribution in [1.82, 2.24) is 15.1 Å². The fraction of sp³-hybridized carbons (Fsp3) is 0.438. The zero-order valence-corrected chi connectivity index (χ0v) is 14.2. The van der Waals surface area contributed by atoms with Crippen LogP contribution in [0.2, 0.25) is 0 Å². The van der Waals surface area contributed by atoms with Gasteiger partial charge in [-0.25, -0.2) is 4.39 Å². The molecule has 0 aliphatic rings. The fourth-order valence-corrected chi connectivity index (χ4v) is 2.71. The Bertz CT molecular complexity index is 610. The average Bonchev–Trinajstić information content (AvgIpc) is 2.77. The van der Waals surface area contributed by atoms with E-state index in [2.05, 4.69) is 33.3 Å². The van der Waals surface area contributed by atoms with Gasteiger partial charge in [0.25, 0.3) is 0 Å². The molecular formula is C16H21BrFN3. The summed E-state index contributed by atoms with van der Waals surface area (Å²) in [7, 11) is 1.93. The SMILES string of the molecule is CCCNC(Cc1ccc(Br)cc1F)c1cnn(C)c1C. The van der Waals surface area contributed by atoms with E-state index in [1.165, 1.54) is 6.07 Å². The highest BCUT2D eigenvalue weighted by Crippen LogP contribution is 2.24. The van der Waals surface area contributed by atoms with Crippen LogP contribution >= 0.6 is 15.9 Å². The molecule has 0 saturated carbocycles. The summed E-state index contributed by atoms with van der Waals surface area (Å²) in [6.07, 6.45) is 3.53. The molecule has 0 saturated heterocycles. The lowest BCUT2D eigenvalue weighted by atomic mass is 9.99. The van der Waals surface area contributed by atoms with Gasteiger partial charge in [0.2, 0.25) is 0 Å². The van der Waals surface area contributed by atoms with Gasteiger partial charge >= 0.3 is 0 Å². The van der Waals surface area contributed by atoms with E-state index >= 15 is 0 Å². The molecule has 2 rings (SSSR count). The van der Waals surface area contributed by atoms with Crippen LogP contribution < -0.4 is 5.32 Å². The first kappa shape index (κ1) is 16.2. The highest BCUT2D eigenvalue weighted by molar-refractivity contribution is 9.10. The minimum atomic E-state index is -0.172. The van der Waals surface area contributed by atoms with Gasteiger partial charge in [0, 0.05) is 28.8 Å². The number of nitrogens with zero attached hydrogens (tertiary/aromatic N) is 2. The Morgan fingerprint density at radius 1 is 1.43 bits per heavy atom. The first-order valence-electron chi connectivity index (χ1n) is 7.18. The molecule has 0 spiro atoms. The molecule has 2 aromatic rings. The molecule has 1 aromatic carbocycles. The molecule has 1 aromatic heterocycles. The number of nitrogens with one attached hydrogen (secondary N) is 1. The summed E-state index contributed by atoms with van der Waals surface area (Å²) in [5.41, 5.74) is 2.96. The van der Waals surface area contributed by atoms with Crippen LogP contribution in [0.15, 0.2) is 28.9 Å². The molecule has 5 heteroatoms. The number of hydrogen-bond donors (Lipinski definition) is 1. The molecule has 0 amide bonds. The monoisotopic (exact) mass is 353 g/mol. The van der Waals surface area contributed by atoms with E-state index in [1.807, 2.05) is 37.0 Å². The smallest absolute Gasteiger partial charge is 0.127 e. The van der Waals surface area contributed by atoms with Crippen molar-refractivity contribution >= 4 is 15.9 Å². The van der Waals surface area contributed by atoms with Crippen molar-refractivity contribution in [2.24, 2.45) is 7.05 Å². The Morgan fingerprint density at radius 3 is 2.76 bits per heavy atom. The third-order valence-electron chi connectivity index (χ3n) is 3.73. The highest BCUT2D eigenvalue weighted by atomic mass is 79.9. The third-order valence-corrected chi connectivity index (χ3v) is 4.22. The van der Waals surface area contributed by atoms with Crippen LogP contribution in [-0.4, -0.2) is 16.3 Å². The summed E-state index contributed by atoms with van der Waals surface area (Å²) < 4.78 is 16.7. The lowest BCUT2D eigenvalue weighted by Crippen LogP contribution is -2.25. The number of aryl methyl sites for hydroxylation is 1. The minimum absolute atomic E-state index is 0.0781. The van der Waals surface area contributed by atoms with Crippen molar-refractivity contribution < 1.29 is 4.39 Å². The maximum Gasteiger partial charge on any atom is 0.127 e. The zero-order valence-electron chi connectivity index (χ0n) is 12.7. The van der Waals surface area contributed by atoms with Gasteiger partial charge in [-0.05, 0) is 44.0 Å². The molecule has 0 radical (unpaired) electrons. The number of hydrogen-bond acceptors (Lipinski definition) is 2. The standard InChI is InChI=1S/C16H21BrFN3/c1-4-7-19-16(14-10-20-21(3)11(14)2)8-12-5-6-13(17)9-15(12)18/h5-6,9-10,16,19H,4,7-8H2,1-3H3. The average molecular weight is 354 g/mol. The first-order valence-corrected chi connectivity index (χ1v) is 7.98. The second-order valence-electron chi connectivity index (χ2n) is 5.26. The van der Waals surface area contributed by atoms with Crippen molar-refractivity contribution in [2.45, 2.75) is 32.7 Å². The molecule has 0 bridgehead atoms. The number of rotatable bonds is 6. The van der Waals surface area contributed by atoms with Crippen LogP contribution in [0.4, 0.5) is 4.39 Å². The summed E-state index contributed by atoms with van der Waals surface area (Å²) in [5.74, 6) is -0.172. The Morgan fingerprint density at radius 2 is 2.19 bits per heavy atom. The van der Waals surface area contributed by atoms with Gasteiger partial charge in [0.1, 0.15) is 5.82 Å². The van der Waals surface area contributed by atoms with Gasteiger partial charge in [0.15, 0.2) is 0 Å². The zero-order chi connectivity index (χ0) is 15.4. The van der Waals surface area contributed by atoms with Crippen molar-refractivity contribution in [3.8, 4) is 0 Å². The molecule has 0 aliphatic carbocycles. The second-order valence-corrected chi connectivity index (χ2v) is 6.17. The normalized spacial score (nSPS) is 12.6. The van der Waals surface area contributed by atoms with Gasteiger partial charge in [0.05, 0.1) is 6.20 Å². The van der Waals surface area contributed by atoms with E-state index in [9.17, 15) is 4.39 Å². The Balaban J connectivity index is 2.26. The number of halogens is 2. The van der Waals surface area contributed by atoms with Crippen molar-refractivity contribution in [1.29, 1.82) is 0 Å². The molecule has 3 nitrogen and oxygen atoms in total. The molecular weight excluding hydrogens is 333 g/mol. The van der Waals surface area contributed by atoms with E-state index in [-0.39, 0.29) is 11.9 Å². The van der Waals surface area contributed by atoms with Gasteiger partial charge in [-0.3, -0.25) is 4.68 Å². The Labute approximate surface area is 133 Å². The Kier molecular flexibility index (Phi) is 5.53. The van der Waals surface area contributed by atoms with Crippen LogP contribution in [-0.2, 0) is 13.5 Å². The third kappa shape index (κ3) is 3.92. The molecule has 114 valence electrons. The lowest BCUT2D eigenvalue weighted by molar-refractivity contribution is 0.510. The minimum Gasteiger partial charge on any atom is -0.310 e. The van der Waals surface area contributed by atoms with Crippen LogP contribution in [0.5, 0.6) is 0 Å². The molecule has 21 heavy (non-hydrogen) atoms. The maximum absolute atomic E-state index is 14.1. The summed E-state index contributed by atoms with van der Waals surface area (Å²) in [6, 6.07) is 5.31. The summed E-state index contributed by atoms with van der Waals surface area (Å²) >= 11 is 3.30. The van der Waals surface area contributed by atoms with Crippen LogP contribution in [0.3, 0.4) is 0 Å². The van der Waals surface area contributed by atoms with Gasteiger partial charge in [-0.15, -0.1) is 0 Å². The maximum atomic E-state index is 14.1. The molecule has 1 N–H and O–H groups in total. The number of benzene rings is 1. The highest BCUT2D eigenvalue weighted by Gasteiger charge is 2.18. The first-order chi connectivity index (χ1) is 10.0. The fourth-order valence-electron chi connectivity index (χ4n) is 2.38.